The van der Waals surface area contributed by atoms with Crippen LogP contribution >= 0.6 is 0 Å². The second-order valence-electron chi connectivity index (χ2n) is 3.74. The van der Waals surface area contributed by atoms with Crippen molar-refractivity contribution in [1.82, 2.24) is 4.90 Å². The van der Waals surface area contributed by atoms with E-state index >= 15 is 0 Å². The predicted molar refractivity (Wildman–Crippen MR) is 43.4 cm³/mol. The van der Waals surface area contributed by atoms with Gasteiger partial charge in [-0.05, 0) is 19.9 Å². The highest BCUT2D eigenvalue weighted by molar-refractivity contribution is 4.91. The third kappa shape index (κ3) is 1.28. The van der Waals surface area contributed by atoms with Gasteiger partial charge in [0, 0.05) is 18.1 Å². The molecule has 2 fully saturated rings. The molecule has 2 aliphatic rings. The Hall–Kier alpha value is -0.120. The Labute approximate surface area is 67.5 Å². The van der Waals surface area contributed by atoms with E-state index in [-0.39, 0.29) is 0 Å². The van der Waals surface area contributed by atoms with Gasteiger partial charge in [-0.1, -0.05) is 0 Å². The van der Waals surface area contributed by atoms with Gasteiger partial charge in [0.1, 0.15) is 0 Å². The molecule has 3 nitrogen and oxygen atoms in total. The molecule has 0 amide bonds. The SMILES string of the molecule is CN1C2COCC1CC(N)C2. The number of likely N-dealkylation sites (N-methyl/N-ethyl adjacent to an activating group) is 1. The van der Waals surface area contributed by atoms with Crippen LogP contribution in [-0.2, 0) is 4.74 Å². The van der Waals surface area contributed by atoms with E-state index in [9.17, 15) is 0 Å². The molecule has 2 atom stereocenters. The molecule has 2 saturated heterocycles. The van der Waals surface area contributed by atoms with E-state index in [1.807, 2.05) is 0 Å². The third-order valence-corrected chi connectivity index (χ3v) is 2.92. The Morgan fingerprint density at radius 3 is 2.36 bits per heavy atom. The van der Waals surface area contributed by atoms with Gasteiger partial charge >= 0.3 is 0 Å². The van der Waals surface area contributed by atoms with Crippen LogP contribution in [0.5, 0.6) is 0 Å². The lowest BCUT2D eigenvalue weighted by Gasteiger charge is -2.45. The fourth-order valence-electron chi connectivity index (χ4n) is 2.14. The first-order chi connectivity index (χ1) is 5.27. The molecule has 2 bridgehead atoms. The Morgan fingerprint density at radius 2 is 1.82 bits per heavy atom. The number of morpholine rings is 1. The molecule has 0 saturated carbocycles. The second kappa shape index (κ2) is 2.73. The summed E-state index contributed by atoms with van der Waals surface area (Å²) in [5.74, 6) is 0. The largest absolute Gasteiger partial charge is 0.378 e. The third-order valence-electron chi connectivity index (χ3n) is 2.92. The molecule has 0 radical (unpaired) electrons. The molecule has 2 N–H and O–H groups in total. The van der Waals surface area contributed by atoms with Gasteiger partial charge in [-0.15, -0.1) is 0 Å². The molecular weight excluding hydrogens is 140 g/mol. The zero-order chi connectivity index (χ0) is 7.84. The van der Waals surface area contributed by atoms with Crippen molar-refractivity contribution in [2.75, 3.05) is 20.3 Å². The molecule has 0 aromatic rings. The number of piperidine rings is 1. The summed E-state index contributed by atoms with van der Waals surface area (Å²) in [6, 6.07) is 1.57. The van der Waals surface area contributed by atoms with Crippen LogP contribution in [0.25, 0.3) is 0 Å². The summed E-state index contributed by atoms with van der Waals surface area (Å²) in [4.78, 5) is 2.42. The van der Waals surface area contributed by atoms with Crippen LogP contribution in [0.4, 0.5) is 0 Å². The minimum atomic E-state index is 0.407. The molecule has 0 aromatic heterocycles. The van der Waals surface area contributed by atoms with E-state index < -0.39 is 0 Å². The van der Waals surface area contributed by atoms with Crippen molar-refractivity contribution in [2.45, 2.75) is 31.0 Å². The number of fused-ring (bicyclic) bond motifs is 2. The average molecular weight is 156 g/mol. The van der Waals surface area contributed by atoms with Crippen LogP contribution in [0.3, 0.4) is 0 Å². The quantitative estimate of drug-likeness (QED) is 0.528. The van der Waals surface area contributed by atoms with Crippen LogP contribution in [0, 0.1) is 0 Å². The van der Waals surface area contributed by atoms with Crippen molar-refractivity contribution < 1.29 is 4.74 Å². The standard InChI is InChI=1S/C8H16N2O/c1-10-7-2-6(9)3-8(10)5-11-4-7/h6-8H,2-5,9H2,1H3. The number of hydrogen-bond donors (Lipinski definition) is 1. The summed E-state index contributed by atoms with van der Waals surface area (Å²) in [7, 11) is 2.18. The van der Waals surface area contributed by atoms with Crippen LogP contribution in [0.2, 0.25) is 0 Å². The van der Waals surface area contributed by atoms with Crippen LogP contribution in [-0.4, -0.2) is 43.3 Å². The summed E-state index contributed by atoms with van der Waals surface area (Å²) in [6.07, 6.45) is 2.21. The lowest BCUT2D eigenvalue weighted by Crippen LogP contribution is -2.57. The fourth-order valence-corrected chi connectivity index (χ4v) is 2.14. The normalized spacial score (nSPS) is 45.8. The lowest BCUT2D eigenvalue weighted by atomic mass is 9.91. The highest BCUT2D eigenvalue weighted by Gasteiger charge is 2.34. The zero-order valence-electron chi connectivity index (χ0n) is 6.99. The monoisotopic (exact) mass is 156 g/mol. The molecule has 2 rings (SSSR count). The molecular formula is C8H16N2O. The fraction of sp³-hybridized carbons (Fsp3) is 1.00. The maximum atomic E-state index is 5.90. The maximum Gasteiger partial charge on any atom is 0.0623 e. The summed E-state index contributed by atoms with van der Waals surface area (Å²) in [5.41, 5.74) is 5.90. The number of nitrogens with zero attached hydrogens (tertiary/aromatic N) is 1. The minimum absolute atomic E-state index is 0.407. The first-order valence-corrected chi connectivity index (χ1v) is 4.32. The topological polar surface area (TPSA) is 38.5 Å². The first-order valence-electron chi connectivity index (χ1n) is 4.32. The van der Waals surface area contributed by atoms with Gasteiger partial charge in [0.25, 0.3) is 0 Å². The Balaban J connectivity index is 2.07. The first kappa shape index (κ1) is 7.53. The molecule has 0 spiro atoms. The number of hydrogen-bond acceptors (Lipinski definition) is 3. The molecule has 11 heavy (non-hydrogen) atoms. The summed E-state index contributed by atoms with van der Waals surface area (Å²) >= 11 is 0. The van der Waals surface area contributed by atoms with Crippen LogP contribution < -0.4 is 5.73 Å². The van der Waals surface area contributed by atoms with Crippen LogP contribution in [0.1, 0.15) is 12.8 Å². The van der Waals surface area contributed by atoms with Gasteiger partial charge in [0.2, 0.25) is 0 Å². The van der Waals surface area contributed by atoms with E-state index in [4.69, 9.17) is 10.5 Å². The van der Waals surface area contributed by atoms with Crippen molar-refractivity contribution in [3.63, 3.8) is 0 Å². The van der Waals surface area contributed by atoms with Gasteiger partial charge in [-0.3, -0.25) is 4.90 Å². The van der Waals surface area contributed by atoms with Crippen LogP contribution in [0.15, 0.2) is 0 Å². The van der Waals surface area contributed by atoms with E-state index in [0.29, 0.717) is 18.1 Å². The number of rotatable bonds is 0. The van der Waals surface area contributed by atoms with Gasteiger partial charge in [-0.2, -0.15) is 0 Å². The van der Waals surface area contributed by atoms with E-state index in [2.05, 4.69) is 11.9 Å². The van der Waals surface area contributed by atoms with Crippen molar-refractivity contribution in [3.05, 3.63) is 0 Å². The summed E-state index contributed by atoms with van der Waals surface area (Å²) < 4.78 is 5.46. The molecule has 3 heteroatoms. The predicted octanol–water partition coefficient (Wildman–Crippen LogP) is -0.193. The number of nitrogens with two attached hydrogens (primary N) is 1. The van der Waals surface area contributed by atoms with Gasteiger partial charge in [-0.25, -0.2) is 0 Å². The number of ether oxygens (including phenoxy) is 1. The molecule has 2 aliphatic heterocycles. The van der Waals surface area contributed by atoms with Crippen molar-refractivity contribution in [1.29, 1.82) is 0 Å². The molecule has 64 valence electrons. The average Bonchev–Trinajstić information content (AvgIpc) is 1.92. The minimum Gasteiger partial charge on any atom is -0.378 e. The van der Waals surface area contributed by atoms with Crippen molar-refractivity contribution in [3.8, 4) is 0 Å². The van der Waals surface area contributed by atoms with E-state index in [0.717, 1.165) is 26.1 Å². The smallest absolute Gasteiger partial charge is 0.0623 e. The van der Waals surface area contributed by atoms with Crippen molar-refractivity contribution in [2.24, 2.45) is 5.73 Å². The van der Waals surface area contributed by atoms with Crippen molar-refractivity contribution >= 4 is 0 Å². The second-order valence-corrected chi connectivity index (χ2v) is 3.74. The van der Waals surface area contributed by atoms with Gasteiger partial charge < -0.3 is 10.5 Å². The van der Waals surface area contributed by atoms with E-state index in [1.54, 1.807) is 0 Å². The highest BCUT2D eigenvalue weighted by Crippen LogP contribution is 2.24. The highest BCUT2D eigenvalue weighted by atomic mass is 16.5. The maximum absolute atomic E-state index is 5.90. The molecule has 2 unspecified atom stereocenters. The molecule has 0 aliphatic carbocycles. The lowest BCUT2D eigenvalue weighted by molar-refractivity contribution is -0.0644. The Bertz CT molecular complexity index is 137. The van der Waals surface area contributed by atoms with Gasteiger partial charge in [0.05, 0.1) is 13.2 Å². The Kier molecular flexibility index (Phi) is 1.87. The zero-order valence-corrected chi connectivity index (χ0v) is 6.99. The molecule has 2 heterocycles. The van der Waals surface area contributed by atoms with E-state index in [1.165, 1.54) is 0 Å². The summed E-state index contributed by atoms with van der Waals surface area (Å²) in [6.45, 7) is 1.75. The summed E-state index contributed by atoms with van der Waals surface area (Å²) in [5, 5.41) is 0. The van der Waals surface area contributed by atoms with Gasteiger partial charge in [0.15, 0.2) is 0 Å². The Morgan fingerprint density at radius 1 is 1.27 bits per heavy atom. The molecule has 0 aromatic carbocycles.